The fraction of sp³-hybridized carbons (Fsp3) is 0.286. The molecule has 0 aliphatic carbocycles. The van der Waals surface area contributed by atoms with Gasteiger partial charge in [-0.05, 0) is 32.9 Å². The molecule has 2 N–H and O–H groups in total. The normalized spacial score (nSPS) is 10.3. The summed E-state index contributed by atoms with van der Waals surface area (Å²) in [7, 11) is 0. The van der Waals surface area contributed by atoms with Gasteiger partial charge in [-0.3, -0.25) is 10.1 Å². The first-order valence-corrected chi connectivity index (χ1v) is 7.06. The fourth-order valence-electron chi connectivity index (χ4n) is 1.77. The van der Waals surface area contributed by atoms with Crippen molar-refractivity contribution < 1.29 is 4.79 Å². The Morgan fingerprint density at radius 3 is 2.79 bits per heavy atom. The van der Waals surface area contributed by atoms with Gasteiger partial charge in [-0.25, -0.2) is 4.98 Å². The molecule has 2 rings (SSSR count). The molecule has 1 heterocycles. The van der Waals surface area contributed by atoms with Crippen LogP contribution in [-0.2, 0) is 0 Å². The number of nitrogens with one attached hydrogen (secondary N) is 2. The average molecular weight is 275 g/mol. The Balaban J connectivity index is 2.24. The van der Waals surface area contributed by atoms with E-state index in [1.807, 2.05) is 44.4 Å². The number of hydrogen-bond acceptors (Lipinski definition) is 4. The van der Waals surface area contributed by atoms with E-state index in [4.69, 9.17) is 0 Å². The van der Waals surface area contributed by atoms with E-state index in [2.05, 4.69) is 15.6 Å². The lowest BCUT2D eigenvalue weighted by molar-refractivity contribution is 0.102. The molecule has 4 nitrogen and oxygen atoms in total. The second-order valence-electron chi connectivity index (χ2n) is 4.33. The Morgan fingerprint density at radius 2 is 2.16 bits per heavy atom. The zero-order valence-corrected chi connectivity index (χ0v) is 12.1. The quantitative estimate of drug-likeness (QED) is 0.898. The van der Waals surface area contributed by atoms with Crippen LogP contribution >= 0.6 is 11.3 Å². The van der Waals surface area contributed by atoms with Crippen molar-refractivity contribution in [2.75, 3.05) is 17.2 Å². The molecule has 2 aromatic rings. The lowest BCUT2D eigenvalue weighted by Gasteiger charge is -2.11. The van der Waals surface area contributed by atoms with Crippen LogP contribution < -0.4 is 10.6 Å². The minimum absolute atomic E-state index is 0.131. The minimum Gasteiger partial charge on any atom is -0.385 e. The molecule has 1 aromatic heterocycles. The van der Waals surface area contributed by atoms with Gasteiger partial charge in [0.1, 0.15) is 0 Å². The van der Waals surface area contributed by atoms with Crippen LogP contribution in [0.1, 0.15) is 28.5 Å². The summed E-state index contributed by atoms with van der Waals surface area (Å²) in [6.07, 6.45) is 0. The Hall–Kier alpha value is -1.88. The van der Waals surface area contributed by atoms with Crippen molar-refractivity contribution in [1.82, 2.24) is 4.98 Å². The zero-order valence-electron chi connectivity index (χ0n) is 11.3. The van der Waals surface area contributed by atoms with E-state index in [1.165, 1.54) is 11.3 Å². The van der Waals surface area contributed by atoms with Gasteiger partial charge in [-0.1, -0.05) is 11.6 Å². The number of amides is 1. The van der Waals surface area contributed by atoms with Gasteiger partial charge >= 0.3 is 0 Å². The van der Waals surface area contributed by atoms with Crippen molar-refractivity contribution in [2.45, 2.75) is 20.8 Å². The van der Waals surface area contributed by atoms with Gasteiger partial charge in [0.15, 0.2) is 5.13 Å². The molecule has 0 spiro atoms. The molecule has 0 bridgehead atoms. The molecule has 0 atom stereocenters. The van der Waals surface area contributed by atoms with E-state index in [-0.39, 0.29) is 5.91 Å². The number of aromatic nitrogens is 1. The summed E-state index contributed by atoms with van der Waals surface area (Å²) in [5, 5.41) is 8.58. The Morgan fingerprint density at radius 1 is 1.37 bits per heavy atom. The first-order valence-electron chi connectivity index (χ1n) is 6.18. The largest absolute Gasteiger partial charge is 0.385 e. The van der Waals surface area contributed by atoms with Gasteiger partial charge in [-0.15, -0.1) is 11.3 Å². The molecule has 1 amide bonds. The van der Waals surface area contributed by atoms with Crippen molar-refractivity contribution in [2.24, 2.45) is 0 Å². The maximum atomic E-state index is 12.3. The number of thiazole rings is 1. The van der Waals surface area contributed by atoms with Crippen molar-refractivity contribution in [3.63, 3.8) is 0 Å². The number of rotatable bonds is 4. The molecule has 0 aliphatic rings. The minimum atomic E-state index is -0.131. The van der Waals surface area contributed by atoms with E-state index in [0.717, 1.165) is 23.5 Å². The maximum absolute atomic E-state index is 12.3. The SMILES string of the molecule is CCNc1ccc(C)cc1C(=O)Nc1nc(C)cs1. The number of hydrogen-bond donors (Lipinski definition) is 2. The van der Waals surface area contributed by atoms with Gasteiger partial charge in [0, 0.05) is 17.6 Å². The van der Waals surface area contributed by atoms with Crippen LogP contribution in [0.2, 0.25) is 0 Å². The van der Waals surface area contributed by atoms with Crippen LogP contribution in [-0.4, -0.2) is 17.4 Å². The van der Waals surface area contributed by atoms with E-state index < -0.39 is 0 Å². The molecule has 0 unspecified atom stereocenters. The fourth-order valence-corrected chi connectivity index (χ4v) is 2.45. The monoisotopic (exact) mass is 275 g/mol. The van der Waals surface area contributed by atoms with E-state index in [9.17, 15) is 4.79 Å². The number of anilines is 2. The second-order valence-corrected chi connectivity index (χ2v) is 5.19. The lowest BCUT2D eigenvalue weighted by Crippen LogP contribution is -2.15. The summed E-state index contributed by atoms with van der Waals surface area (Å²) in [6, 6.07) is 5.80. The van der Waals surface area contributed by atoms with Crippen molar-refractivity contribution in [3.8, 4) is 0 Å². The zero-order chi connectivity index (χ0) is 13.8. The van der Waals surface area contributed by atoms with E-state index in [0.29, 0.717) is 10.7 Å². The first-order chi connectivity index (χ1) is 9.10. The van der Waals surface area contributed by atoms with Crippen LogP contribution in [0.3, 0.4) is 0 Å². The highest BCUT2D eigenvalue weighted by atomic mass is 32.1. The smallest absolute Gasteiger partial charge is 0.259 e. The summed E-state index contributed by atoms with van der Waals surface area (Å²) in [4.78, 5) is 16.5. The van der Waals surface area contributed by atoms with Gasteiger partial charge in [0.25, 0.3) is 5.91 Å². The first kappa shape index (κ1) is 13.5. The molecular weight excluding hydrogens is 258 g/mol. The number of benzene rings is 1. The molecule has 0 radical (unpaired) electrons. The number of aryl methyl sites for hydroxylation is 2. The highest BCUT2D eigenvalue weighted by Crippen LogP contribution is 2.20. The molecule has 0 saturated carbocycles. The second kappa shape index (κ2) is 5.84. The van der Waals surface area contributed by atoms with Gasteiger partial charge < -0.3 is 5.32 Å². The summed E-state index contributed by atoms with van der Waals surface area (Å²) >= 11 is 1.43. The van der Waals surface area contributed by atoms with Gasteiger partial charge in [0.2, 0.25) is 0 Å². The number of carbonyl (C=O) groups excluding carboxylic acids is 1. The highest BCUT2D eigenvalue weighted by molar-refractivity contribution is 7.13. The van der Waals surface area contributed by atoms with Gasteiger partial charge in [-0.2, -0.15) is 0 Å². The summed E-state index contributed by atoms with van der Waals surface area (Å²) in [5.41, 5.74) is 3.46. The average Bonchev–Trinajstić information content (AvgIpc) is 2.77. The third-order valence-corrected chi connectivity index (χ3v) is 3.50. The Bertz CT molecular complexity index is 592. The molecular formula is C14H17N3OS. The standard InChI is InChI=1S/C14H17N3OS/c1-4-15-12-6-5-9(2)7-11(12)13(18)17-14-16-10(3)8-19-14/h5-8,15H,4H2,1-3H3,(H,16,17,18). The summed E-state index contributed by atoms with van der Waals surface area (Å²) in [6.45, 7) is 6.66. The summed E-state index contributed by atoms with van der Waals surface area (Å²) in [5.74, 6) is -0.131. The predicted molar refractivity (Wildman–Crippen MR) is 80.1 cm³/mol. The molecule has 100 valence electrons. The Labute approximate surface area is 116 Å². The molecule has 19 heavy (non-hydrogen) atoms. The van der Waals surface area contributed by atoms with Crippen LogP contribution in [0.15, 0.2) is 23.6 Å². The molecule has 1 aromatic carbocycles. The Kier molecular flexibility index (Phi) is 4.16. The van der Waals surface area contributed by atoms with Crippen LogP contribution in [0.4, 0.5) is 10.8 Å². The molecule has 0 fully saturated rings. The van der Waals surface area contributed by atoms with Crippen LogP contribution in [0.25, 0.3) is 0 Å². The van der Waals surface area contributed by atoms with Crippen molar-refractivity contribution in [1.29, 1.82) is 0 Å². The highest BCUT2D eigenvalue weighted by Gasteiger charge is 2.13. The molecule has 5 heteroatoms. The van der Waals surface area contributed by atoms with Crippen LogP contribution in [0.5, 0.6) is 0 Å². The molecule has 0 aliphatic heterocycles. The van der Waals surface area contributed by atoms with E-state index >= 15 is 0 Å². The summed E-state index contributed by atoms with van der Waals surface area (Å²) < 4.78 is 0. The van der Waals surface area contributed by atoms with Crippen molar-refractivity contribution in [3.05, 3.63) is 40.4 Å². The maximum Gasteiger partial charge on any atom is 0.259 e. The predicted octanol–water partition coefficient (Wildman–Crippen LogP) is 3.44. The number of nitrogens with zero attached hydrogens (tertiary/aromatic N) is 1. The van der Waals surface area contributed by atoms with Crippen molar-refractivity contribution >= 4 is 28.1 Å². The third kappa shape index (κ3) is 3.32. The topological polar surface area (TPSA) is 54.0 Å². The van der Waals surface area contributed by atoms with Gasteiger partial charge in [0.05, 0.1) is 11.3 Å². The lowest BCUT2D eigenvalue weighted by atomic mass is 10.1. The van der Waals surface area contributed by atoms with Crippen LogP contribution in [0, 0.1) is 13.8 Å². The molecule has 0 saturated heterocycles. The number of carbonyl (C=O) groups is 1. The van der Waals surface area contributed by atoms with E-state index in [1.54, 1.807) is 0 Å². The third-order valence-electron chi connectivity index (χ3n) is 2.63.